The monoisotopic (exact) mass is 388 g/mol. The molecule has 0 aromatic heterocycles. The maximum absolute atomic E-state index is 12.8. The summed E-state index contributed by atoms with van der Waals surface area (Å²) >= 11 is 3.41. The quantitative estimate of drug-likeness (QED) is 0.648. The van der Waals surface area contributed by atoms with Crippen LogP contribution in [-0.2, 0) is 4.74 Å². The van der Waals surface area contributed by atoms with Crippen molar-refractivity contribution < 1.29 is 19.0 Å². The lowest BCUT2D eigenvalue weighted by Gasteiger charge is -2.24. The minimum absolute atomic E-state index is 0.0759. The molecule has 1 amide bonds. The predicted octanol–water partition coefficient (Wildman–Crippen LogP) is 2.12. The molecule has 0 aliphatic carbocycles. The highest BCUT2D eigenvalue weighted by molar-refractivity contribution is 9.10. The van der Waals surface area contributed by atoms with Crippen LogP contribution in [0.4, 0.5) is 0 Å². The van der Waals surface area contributed by atoms with Crippen molar-refractivity contribution in [3.05, 3.63) is 22.2 Å². The van der Waals surface area contributed by atoms with E-state index in [0.717, 1.165) is 6.54 Å². The van der Waals surface area contributed by atoms with E-state index in [1.807, 2.05) is 19.0 Å². The minimum Gasteiger partial charge on any atom is -0.495 e. The Hall–Kier alpha value is -1.31. The van der Waals surface area contributed by atoms with Gasteiger partial charge in [-0.15, -0.1) is 0 Å². The number of amides is 1. The molecular formula is C16H25BrN2O4. The van der Waals surface area contributed by atoms with Gasteiger partial charge in [0.1, 0.15) is 16.0 Å². The molecule has 0 bridgehead atoms. The van der Waals surface area contributed by atoms with E-state index in [1.54, 1.807) is 38.4 Å². The predicted molar refractivity (Wildman–Crippen MR) is 93.6 cm³/mol. The van der Waals surface area contributed by atoms with Crippen molar-refractivity contribution in [1.82, 2.24) is 9.80 Å². The second-order valence-corrected chi connectivity index (χ2v) is 6.08. The number of nitrogens with zero attached hydrogens (tertiary/aromatic N) is 2. The number of halogens is 1. The van der Waals surface area contributed by atoms with Crippen molar-refractivity contribution in [3.63, 3.8) is 0 Å². The van der Waals surface area contributed by atoms with Crippen molar-refractivity contribution in [2.45, 2.75) is 0 Å². The molecule has 0 saturated heterocycles. The van der Waals surface area contributed by atoms with Gasteiger partial charge in [-0.05, 0) is 42.2 Å². The van der Waals surface area contributed by atoms with Crippen LogP contribution in [0.5, 0.6) is 11.5 Å². The van der Waals surface area contributed by atoms with Crippen molar-refractivity contribution in [3.8, 4) is 11.5 Å². The molecule has 23 heavy (non-hydrogen) atoms. The summed E-state index contributed by atoms with van der Waals surface area (Å²) in [6.45, 7) is 2.42. The number of hydrogen-bond donors (Lipinski definition) is 0. The molecular weight excluding hydrogens is 364 g/mol. The summed E-state index contributed by atoms with van der Waals surface area (Å²) in [5, 5.41) is 0. The molecule has 130 valence electrons. The second-order valence-electron chi connectivity index (χ2n) is 5.28. The fraction of sp³-hybridized carbons (Fsp3) is 0.562. The molecule has 1 aromatic rings. The third-order valence-electron chi connectivity index (χ3n) is 3.36. The fourth-order valence-electron chi connectivity index (χ4n) is 2.01. The lowest BCUT2D eigenvalue weighted by molar-refractivity contribution is 0.0682. The van der Waals surface area contributed by atoms with E-state index < -0.39 is 0 Å². The highest BCUT2D eigenvalue weighted by atomic mass is 79.9. The van der Waals surface area contributed by atoms with E-state index in [2.05, 4.69) is 15.9 Å². The van der Waals surface area contributed by atoms with Crippen LogP contribution in [0.3, 0.4) is 0 Å². The summed E-state index contributed by atoms with van der Waals surface area (Å²) < 4.78 is 16.4. The Bertz CT molecular complexity index is 498. The number of likely N-dealkylation sites (N-methyl/N-ethyl adjacent to an activating group) is 1. The summed E-state index contributed by atoms with van der Waals surface area (Å²) in [6.07, 6.45) is 0. The molecule has 0 aliphatic heterocycles. The van der Waals surface area contributed by atoms with E-state index in [4.69, 9.17) is 14.2 Å². The maximum atomic E-state index is 12.8. The molecule has 1 aromatic carbocycles. The molecule has 0 heterocycles. The number of hydrogen-bond acceptors (Lipinski definition) is 5. The third kappa shape index (κ3) is 5.67. The van der Waals surface area contributed by atoms with Gasteiger partial charge in [-0.25, -0.2) is 0 Å². The minimum atomic E-state index is -0.0759. The first-order chi connectivity index (χ1) is 10.9. The summed E-state index contributed by atoms with van der Waals surface area (Å²) in [6, 6.07) is 3.43. The first-order valence-corrected chi connectivity index (χ1v) is 8.08. The molecule has 0 atom stereocenters. The SMILES string of the molecule is COCCN(CCN(C)C)C(=O)c1cc(OC)c(Br)c(OC)c1. The smallest absolute Gasteiger partial charge is 0.254 e. The Kier molecular flexibility index (Phi) is 8.36. The largest absolute Gasteiger partial charge is 0.495 e. The molecule has 0 aliphatic rings. The molecule has 0 radical (unpaired) electrons. The van der Waals surface area contributed by atoms with E-state index in [9.17, 15) is 4.79 Å². The van der Waals surface area contributed by atoms with Crippen LogP contribution in [-0.4, -0.2) is 77.4 Å². The second kappa shape index (κ2) is 9.75. The molecule has 6 nitrogen and oxygen atoms in total. The Morgan fingerprint density at radius 3 is 2.04 bits per heavy atom. The van der Waals surface area contributed by atoms with Gasteiger partial charge < -0.3 is 24.0 Å². The number of carbonyl (C=O) groups is 1. The normalized spacial score (nSPS) is 10.7. The van der Waals surface area contributed by atoms with E-state index in [-0.39, 0.29) is 5.91 Å². The lowest BCUT2D eigenvalue weighted by Crippen LogP contribution is -2.38. The molecule has 0 spiro atoms. The van der Waals surface area contributed by atoms with E-state index in [1.165, 1.54) is 0 Å². The zero-order valence-corrected chi connectivity index (χ0v) is 16.0. The van der Waals surface area contributed by atoms with Crippen molar-refractivity contribution in [2.75, 3.05) is 61.7 Å². The summed E-state index contributed by atoms with van der Waals surface area (Å²) in [5.41, 5.74) is 0.525. The number of ether oxygens (including phenoxy) is 3. The molecule has 0 N–H and O–H groups in total. The van der Waals surface area contributed by atoms with Crippen LogP contribution in [0.25, 0.3) is 0 Å². The standard InChI is InChI=1S/C16H25BrN2O4/c1-18(2)6-7-19(8-9-21-3)16(20)12-10-13(22-4)15(17)14(11-12)23-5/h10-11H,6-9H2,1-5H3. The summed E-state index contributed by atoms with van der Waals surface area (Å²) in [5.74, 6) is 1.05. The Morgan fingerprint density at radius 2 is 1.61 bits per heavy atom. The Morgan fingerprint density at radius 1 is 1.04 bits per heavy atom. The first kappa shape index (κ1) is 19.7. The molecule has 1 rings (SSSR count). The van der Waals surface area contributed by atoms with Gasteiger partial charge in [-0.2, -0.15) is 0 Å². The van der Waals surface area contributed by atoms with Gasteiger partial charge in [0.25, 0.3) is 5.91 Å². The van der Waals surface area contributed by atoms with E-state index in [0.29, 0.717) is 41.2 Å². The van der Waals surface area contributed by atoms with Crippen molar-refractivity contribution in [2.24, 2.45) is 0 Å². The zero-order valence-electron chi connectivity index (χ0n) is 14.4. The van der Waals surface area contributed by atoms with Crippen molar-refractivity contribution in [1.29, 1.82) is 0 Å². The number of methoxy groups -OCH3 is 3. The van der Waals surface area contributed by atoms with Crippen LogP contribution in [0.2, 0.25) is 0 Å². The van der Waals surface area contributed by atoms with Gasteiger partial charge in [0, 0.05) is 32.3 Å². The Balaban J connectivity index is 3.06. The van der Waals surface area contributed by atoms with E-state index >= 15 is 0 Å². The first-order valence-electron chi connectivity index (χ1n) is 7.29. The highest BCUT2D eigenvalue weighted by Crippen LogP contribution is 2.35. The van der Waals surface area contributed by atoms with Crippen LogP contribution in [0.15, 0.2) is 16.6 Å². The molecule has 0 fully saturated rings. The number of rotatable bonds is 9. The number of benzene rings is 1. The van der Waals surface area contributed by atoms with Crippen LogP contribution in [0.1, 0.15) is 10.4 Å². The van der Waals surface area contributed by atoms with Gasteiger partial charge in [-0.1, -0.05) is 0 Å². The molecule has 0 unspecified atom stereocenters. The van der Waals surface area contributed by atoms with Gasteiger partial charge in [-0.3, -0.25) is 4.79 Å². The number of carbonyl (C=O) groups excluding carboxylic acids is 1. The van der Waals surface area contributed by atoms with Crippen LogP contribution in [0, 0.1) is 0 Å². The molecule has 0 saturated carbocycles. The maximum Gasteiger partial charge on any atom is 0.254 e. The van der Waals surface area contributed by atoms with Gasteiger partial charge in [0.15, 0.2) is 0 Å². The summed E-state index contributed by atoms with van der Waals surface area (Å²) in [7, 11) is 8.70. The lowest BCUT2D eigenvalue weighted by atomic mass is 10.1. The summed E-state index contributed by atoms with van der Waals surface area (Å²) in [4.78, 5) is 16.6. The average molecular weight is 389 g/mol. The van der Waals surface area contributed by atoms with Gasteiger partial charge in [0.05, 0.1) is 20.8 Å². The Labute approximate surface area is 146 Å². The zero-order chi connectivity index (χ0) is 17.4. The molecule has 7 heteroatoms. The highest BCUT2D eigenvalue weighted by Gasteiger charge is 2.19. The third-order valence-corrected chi connectivity index (χ3v) is 4.14. The van der Waals surface area contributed by atoms with Crippen LogP contribution >= 0.6 is 15.9 Å². The topological polar surface area (TPSA) is 51.2 Å². The fourth-order valence-corrected chi connectivity index (χ4v) is 2.57. The van der Waals surface area contributed by atoms with Gasteiger partial charge >= 0.3 is 0 Å². The van der Waals surface area contributed by atoms with Crippen molar-refractivity contribution >= 4 is 21.8 Å². The van der Waals surface area contributed by atoms with Gasteiger partial charge in [0.2, 0.25) is 0 Å². The van der Waals surface area contributed by atoms with Crippen LogP contribution < -0.4 is 9.47 Å². The average Bonchev–Trinajstić information content (AvgIpc) is 2.54.